The molecule has 1 aromatic carbocycles. The standard InChI is InChI=1S/C15H15F2NO5/c1-15(2)22-12(14(20)23-15)7-13(19)18(21-3)8-9-4-5-10(16)11(17)6-9/h4-7H,8H2,1-3H3/b12-7+. The molecule has 1 saturated heterocycles. The summed E-state index contributed by atoms with van der Waals surface area (Å²) in [5, 5.41) is 0.863. The van der Waals surface area contributed by atoms with Crippen LogP contribution in [0, 0.1) is 11.6 Å². The smallest absolute Gasteiger partial charge is 0.377 e. The lowest BCUT2D eigenvalue weighted by Crippen LogP contribution is -2.28. The molecule has 0 unspecified atom stereocenters. The first kappa shape index (κ1) is 16.9. The van der Waals surface area contributed by atoms with Crippen molar-refractivity contribution in [2.75, 3.05) is 7.11 Å². The number of cyclic esters (lactones) is 1. The number of ether oxygens (including phenoxy) is 2. The Hall–Kier alpha value is -2.48. The van der Waals surface area contributed by atoms with E-state index in [0.717, 1.165) is 23.3 Å². The molecule has 0 N–H and O–H groups in total. The molecule has 1 amide bonds. The highest BCUT2D eigenvalue weighted by molar-refractivity contribution is 5.97. The zero-order chi connectivity index (χ0) is 17.2. The van der Waals surface area contributed by atoms with Gasteiger partial charge in [-0.25, -0.2) is 18.6 Å². The lowest BCUT2D eigenvalue weighted by atomic mass is 10.2. The van der Waals surface area contributed by atoms with Gasteiger partial charge in [-0.1, -0.05) is 6.07 Å². The molecule has 2 rings (SSSR count). The van der Waals surface area contributed by atoms with E-state index in [0.29, 0.717) is 5.56 Å². The molecule has 0 spiro atoms. The highest BCUT2D eigenvalue weighted by Gasteiger charge is 2.38. The maximum absolute atomic E-state index is 13.2. The van der Waals surface area contributed by atoms with E-state index in [1.54, 1.807) is 0 Å². The van der Waals surface area contributed by atoms with Gasteiger partial charge in [0.05, 0.1) is 19.7 Å². The van der Waals surface area contributed by atoms with Gasteiger partial charge in [-0.15, -0.1) is 0 Å². The Kier molecular flexibility index (Phi) is 4.65. The third-order valence-corrected chi connectivity index (χ3v) is 2.93. The molecule has 1 heterocycles. The van der Waals surface area contributed by atoms with Crippen LogP contribution in [-0.2, 0) is 30.4 Å². The summed E-state index contributed by atoms with van der Waals surface area (Å²) in [6, 6.07) is 3.21. The minimum absolute atomic E-state index is 0.144. The lowest BCUT2D eigenvalue weighted by molar-refractivity contribution is -0.173. The predicted molar refractivity (Wildman–Crippen MR) is 73.3 cm³/mol. The Labute approximate surface area is 131 Å². The van der Waals surface area contributed by atoms with E-state index in [4.69, 9.17) is 14.3 Å². The molecule has 0 saturated carbocycles. The van der Waals surface area contributed by atoms with Crippen LogP contribution in [-0.4, -0.2) is 29.8 Å². The monoisotopic (exact) mass is 327 g/mol. The number of benzene rings is 1. The Morgan fingerprint density at radius 3 is 2.52 bits per heavy atom. The molecule has 0 aromatic heterocycles. The number of carbonyl (C=O) groups is 2. The van der Waals surface area contributed by atoms with Crippen molar-refractivity contribution in [3.05, 3.63) is 47.2 Å². The van der Waals surface area contributed by atoms with Crippen molar-refractivity contribution in [2.24, 2.45) is 0 Å². The van der Waals surface area contributed by atoms with Crippen LogP contribution < -0.4 is 0 Å². The van der Waals surface area contributed by atoms with E-state index in [9.17, 15) is 18.4 Å². The number of halogens is 2. The molecular formula is C15H15F2NO5. The summed E-state index contributed by atoms with van der Waals surface area (Å²) in [7, 11) is 1.23. The molecule has 1 aliphatic heterocycles. The van der Waals surface area contributed by atoms with Gasteiger partial charge in [0.1, 0.15) is 0 Å². The first-order valence-corrected chi connectivity index (χ1v) is 6.65. The molecule has 0 radical (unpaired) electrons. The van der Waals surface area contributed by atoms with E-state index >= 15 is 0 Å². The quantitative estimate of drug-likeness (QED) is 0.481. The minimum Gasteiger partial charge on any atom is -0.445 e. The second kappa shape index (κ2) is 6.33. The van der Waals surface area contributed by atoms with Gasteiger partial charge in [-0.05, 0) is 17.7 Å². The van der Waals surface area contributed by atoms with Crippen molar-refractivity contribution in [3.63, 3.8) is 0 Å². The second-order valence-corrected chi connectivity index (χ2v) is 5.21. The van der Waals surface area contributed by atoms with Gasteiger partial charge < -0.3 is 9.47 Å². The van der Waals surface area contributed by atoms with Gasteiger partial charge in [0, 0.05) is 13.8 Å². The number of hydroxylamine groups is 2. The summed E-state index contributed by atoms with van der Waals surface area (Å²) >= 11 is 0. The molecule has 1 aromatic rings. The van der Waals surface area contributed by atoms with Gasteiger partial charge in [-0.3, -0.25) is 9.63 Å². The number of hydrogen-bond acceptors (Lipinski definition) is 5. The molecular weight excluding hydrogens is 312 g/mol. The zero-order valence-corrected chi connectivity index (χ0v) is 12.8. The van der Waals surface area contributed by atoms with Crippen LogP contribution in [0.25, 0.3) is 0 Å². The summed E-state index contributed by atoms with van der Waals surface area (Å²) in [4.78, 5) is 28.6. The van der Waals surface area contributed by atoms with E-state index in [-0.39, 0.29) is 12.3 Å². The third-order valence-electron chi connectivity index (χ3n) is 2.93. The minimum atomic E-state index is -1.15. The van der Waals surface area contributed by atoms with E-state index in [2.05, 4.69) is 0 Å². The van der Waals surface area contributed by atoms with Crippen LogP contribution in [0.2, 0.25) is 0 Å². The van der Waals surface area contributed by atoms with Crippen molar-refractivity contribution in [1.29, 1.82) is 0 Å². The Balaban J connectivity index is 2.13. The molecule has 23 heavy (non-hydrogen) atoms. The molecule has 8 heteroatoms. The van der Waals surface area contributed by atoms with Gasteiger partial charge in [0.25, 0.3) is 5.91 Å². The number of hydrogen-bond donors (Lipinski definition) is 0. The SMILES string of the molecule is CON(Cc1ccc(F)c(F)c1)C(=O)/C=C1/OC(C)(C)OC1=O. The summed E-state index contributed by atoms with van der Waals surface area (Å²) in [5.74, 6) is -4.91. The summed E-state index contributed by atoms with van der Waals surface area (Å²) in [6.07, 6.45) is 0.917. The van der Waals surface area contributed by atoms with Crippen molar-refractivity contribution in [2.45, 2.75) is 26.2 Å². The topological polar surface area (TPSA) is 65.1 Å². The first-order chi connectivity index (χ1) is 10.7. The first-order valence-electron chi connectivity index (χ1n) is 6.65. The second-order valence-electron chi connectivity index (χ2n) is 5.21. The van der Waals surface area contributed by atoms with Crippen LogP contribution in [0.4, 0.5) is 8.78 Å². The molecule has 1 fully saturated rings. The largest absolute Gasteiger partial charge is 0.445 e. The van der Waals surface area contributed by atoms with Crippen LogP contribution in [0.15, 0.2) is 30.0 Å². The van der Waals surface area contributed by atoms with Gasteiger partial charge >= 0.3 is 5.97 Å². The van der Waals surface area contributed by atoms with Crippen molar-refractivity contribution in [3.8, 4) is 0 Å². The molecule has 0 bridgehead atoms. The molecule has 124 valence electrons. The van der Waals surface area contributed by atoms with Gasteiger partial charge in [0.2, 0.25) is 11.5 Å². The van der Waals surface area contributed by atoms with Crippen molar-refractivity contribution < 1.29 is 32.7 Å². The number of esters is 1. The molecule has 1 aliphatic rings. The highest BCUT2D eigenvalue weighted by atomic mass is 19.2. The normalized spacial score (nSPS) is 17.8. The van der Waals surface area contributed by atoms with Gasteiger partial charge in [0.15, 0.2) is 11.6 Å². The fourth-order valence-electron chi connectivity index (χ4n) is 1.91. The van der Waals surface area contributed by atoms with Crippen molar-refractivity contribution in [1.82, 2.24) is 5.06 Å². The summed E-state index contributed by atoms with van der Waals surface area (Å²) in [6.45, 7) is 2.89. The number of rotatable bonds is 4. The third kappa shape index (κ3) is 4.04. The van der Waals surface area contributed by atoms with Crippen LogP contribution in [0.3, 0.4) is 0 Å². The molecule has 0 atom stereocenters. The zero-order valence-electron chi connectivity index (χ0n) is 12.8. The fourth-order valence-corrected chi connectivity index (χ4v) is 1.91. The highest BCUT2D eigenvalue weighted by Crippen LogP contribution is 2.26. The van der Waals surface area contributed by atoms with Gasteiger partial charge in [-0.2, -0.15) is 0 Å². The maximum atomic E-state index is 13.2. The van der Waals surface area contributed by atoms with Crippen molar-refractivity contribution >= 4 is 11.9 Å². The maximum Gasteiger partial charge on any atom is 0.377 e. The van der Waals surface area contributed by atoms with Crippen LogP contribution in [0.1, 0.15) is 19.4 Å². The van der Waals surface area contributed by atoms with Crippen LogP contribution >= 0.6 is 0 Å². The number of carbonyl (C=O) groups excluding carboxylic acids is 2. The number of amides is 1. The Morgan fingerprint density at radius 2 is 2.00 bits per heavy atom. The molecule has 0 aliphatic carbocycles. The van der Waals surface area contributed by atoms with E-state index in [1.165, 1.54) is 27.0 Å². The summed E-state index contributed by atoms with van der Waals surface area (Å²) < 4.78 is 36.2. The number of nitrogens with zero attached hydrogens (tertiary/aromatic N) is 1. The van der Waals surface area contributed by atoms with E-state index in [1.807, 2.05) is 0 Å². The Bertz CT molecular complexity index is 672. The Morgan fingerprint density at radius 1 is 1.30 bits per heavy atom. The molecule has 6 nitrogen and oxygen atoms in total. The van der Waals surface area contributed by atoms with E-state index < -0.39 is 29.3 Å². The lowest BCUT2D eigenvalue weighted by Gasteiger charge is -2.18. The van der Waals surface area contributed by atoms with Crippen LogP contribution in [0.5, 0.6) is 0 Å². The fraction of sp³-hybridized carbons (Fsp3) is 0.333. The summed E-state index contributed by atoms with van der Waals surface area (Å²) in [5.41, 5.74) is 0.313. The average molecular weight is 327 g/mol. The average Bonchev–Trinajstić information content (AvgIpc) is 2.72. The predicted octanol–water partition coefficient (Wildman–Crippen LogP) is 2.05.